The van der Waals surface area contributed by atoms with Crippen molar-refractivity contribution in [1.29, 1.82) is 0 Å². The lowest BCUT2D eigenvalue weighted by atomic mass is 10.1. The molecular weight excluding hydrogens is 450 g/mol. The largest absolute Gasteiger partial charge is 0.490 e. The molecule has 1 amide bonds. The summed E-state index contributed by atoms with van der Waals surface area (Å²) in [5.41, 5.74) is 5.86. The normalized spacial score (nSPS) is 11.9. The quantitative estimate of drug-likeness (QED) is 0.261. The summed E-state index contributed by atoms with van der Waals surface area (Å²) < 4.78 is 13.0. The Morgan fingerprint density at radius 2 is 1.94 bits per heavy atom. The fourth-order valence-electron chi connectivity index (χ4n) is 3.59. The molecule has 0 aliphatic rings. The number of hydrogen-bond acceptors (Lipinski definition) is 7. The molecular formula is C25H29N5O5. The van der Waals surface area contributed by atoms with Gasteiger partial charge in [0.25, 0.3) is 5.91 Å². The molecule has 1 aromatic heterocycles. The number of amides is 1. The Bertz CT molecular complexity index is 1250. The first kappa shape index (κ1) is 25.4. The highest BCUT2D eigenvalue weighted by Crippen LogP contribution is 2.29. The topological polar surface area (TPSA) is 121 Å². The summed E-state index contributed by atoms with van der Waals surface area (Å²) in [5, 5.41) is 19.4. The molecule has 2 aromatic carbocycles. The van der Waals surface area contributed by atoms with Gasteiger partial charge in [0.2, 0.25) is 0 Å². The van der Waals surface area contributed by atoms with Gasteiger partial charge in [-0.25, -0.2) is 5.43 Å². The third kappa shape index (κ3) is 6.03. The van der Waals surface area contributed by atoms with E-state index in [2.05, 4.69) is 15.6 Å². The highest BCUT2D eigenvalue weighted by atomic mass is 16.6. The molecule has 35 heavy (non-hydrogen) atoms. The van der Waals surface area contributed by atoms with Gasteiger partial charge in [-0.05, 0) is 69.5 Å². The number of hydrogen-bond donors (Lipinski definition) is 1. The Hall–Kier alpha value is -4.21. The summed E-state index contributed by atoms with van der Waals surface area (Å²) in [6, 6.07) is 12.6. The lowest BCUT2D eigenvalue weighted by Crippen LogP contribution is -2.28. The fourth-order valence-corrected chi connectivity index (χ4v) is 3.59. The predicted molar refractivity (Wildman–Crippen MR) is 132 cm³/mol. The minimum absolute atomic E-state index is 0.0960. The Morgan fingerprint density at radius 3 is 2.60 bits per heavy atom. The van der Waals surface area contributed by atoms with Crippen LogP contribution in [0.15, 0.2) is 47.6 Å². The first-order valence-corrected chi connectivity index (χ1v) is 11.2. The van der Waals surface area contributed by atoms with Crippen molar-refractivity contribution < 1.29 is 19.2 Å². The van der Waals surface area contributed by atoms with E-state index < -0.39 is 16.9 Å². The van der Waals surface area contributed by atoms with Crippen molar-refractivity contribution in [3.63, 3.8) is 0 Å². The predicted octanol–water partition coefficient (Wildman–Crippen LogP) is 4.41. The zero-order valence-corrected chi connectivity index (χ0v) is 20.4. The first-order valence-electron chi connectivity index (χ1n) is 11.2. The maximum atomic E-state index is 12.5. The van der Waals surface area contributed by atoms with E-state index >= 15 is 0 Å². The van der Waals surface area contributed by atoms with E-state index in [4.69, 9.17) is 9.47 Å². The maximum absolute atomic E-state index is 12.5. The van der Waals surface area contributed by atoms with Crippen LogP contribution in [0.5, 0.6) is 11.5 Å². The van der Waals surface area contributed by atoms with Crippen LogP contribution in [-0.2, 0) is 11.4 Å². The molecule has 1 heterocycles. The van der Waals surface area contributed by atoms with Gasteiger partial charge in [-0.3, -0.25) is 19.6 Å². The highest BCUT2D eigenvalue weighted by Gasteiger charge is 2.26. The molecule has 0 spiro atoms. The summed E-state index contributed by atoms with van der Waals surface area (Å²) in [6.45, 7) is 9.49. The number of carbonyl (C=O) groups excluding carboxylic acids is 1. The Kier molecular flexibility index (Phi) is 8.19. The van der Waals surface area contributed by atoms with E-state index in [9.17, 15) is 14.9 Å². The Labute approximate surface area is 203 Å². The van der Waals surface area contributed by atoms with Crippen LogP contribution in [0.2, 0.25) is 0 Å². The molecule has 0 aliphatic carbocycles. The average Bonchev–Trinajstić information content (AvgIpc) is 3.13. The van der Waals surface area contributed by atoms with E-state index in [1.807, 2.05) is 38.1 Å². The molecule has 0 fully saturated rings. The van der Waals surface area contributed by atoms with Gasteiger partial charge in [-0.1, -0.05) is 24.3 Å². The third-order valence-electron chi connectivity index (χ3n) is 5.52. The molecule has 3 aromatic rings. The maximum Gasteiger partial charge on any atom is 0.312 e. The molecule has 0 bridgehead atoms. The molecule has 1 atom stereocenters. The molecule has 1 unspecified atom stereocenters. The number of aromatic nitrogens is 2. The highest BCUT2D eigenvalue weighted by molar-refractivity contribution is 5.84. The summed E-state index contributed by atoms with van der Waals surface area (Å²) in [4.78, 5) is 23.3. The Morgan fingerprint density at radius 1 is 1.20 bits per heavy atom. The van der Waals surface area contributed by atoms with E-state index in [1.54, 1.807) is 32.0 Å². The standard InChI is InChI=1S/C25H29N5O5/c1-6-34-23-13-20(11-12-22(23)35-15-21-10-8-7-9-16(21)2)14-26-27-25(31)19(5)29-18(4)24(30(32)33)17(3)28-29/h7-14,19H,6,15H2,1-5H3,(H,27,31)/b26-14+. The minimum atomic E-state index is -0.782. The van der Waals surface area contributed by atoms with Gasteiger partial charge < -0.3 is 9.47 Å². The minimum Gasteiger partial charge on any atom is -0.490 e. The van der Waals surface area contributed by atoms with Gasteiger partial charge in [-0.15, -0.1) is 0 Å². The van der Waals surface area contributed by atoms with Gasteiger partial charge in [0.15, 0.2) is 11.5 Å². The van der Waals surface area contributed by atoms with Crippen molar-refractivity contribution in [2.45, 2.75) is 47.3 Å². The first-order chi connectivity index (χ1) is 16.7. The van der Waals surface area contributed by atoms with Crippen molar-refractivity contribution in [2.75, 3.05) is 6.61 Å². The van der Waals surface area contributed by atoms with Crippen LogP contribution >= 0.6 is 0 Å². The molecule has 10 heteroatoms. The second kappa shape index (κ2) is 11.3. The average molecular weight is 480 g/mol. The number of nitrogens with zero attached hydrogens (tertiary/aromatic N) is 4. The lowest BCUT2D eigenvalue weighted by Gasteiger charge is -2.14. The van der Waals surface area contributed by atoms with Crippen molar-refractivity contribution >= 4 is 17.8 Å². The summed E-state index contributed by atoms with van der Waals surface area (Å²) in [7, 11) is 0. The van der Waals surface area contributed by atoms with E-state index in [0.717, 1.165) is 11.1 Å². The van der Waals surface area contributed by atoms with Crippen LogP contribution in [0.3, 0.4) is 0 Å². The van der Waals surface area contributed by atoms with E-state index in [1.165, 1.54) is 17.8 Å². The summed E-state index contributed by atoms with van der Waals surface area (Å²) in [6.07, 6.45) is 1.49. The second-order valence-electron chi connectivity index (χ2n) is 7.99. The van der Waals surface area contributed by atoms with Crippen molar-refractivity contribution in [2.24, 2.45) is 5.10 Å². The van der Waals surface area contributed by atoms with Gasteiger partial charge in [-0.2, -0.15) is 10.2 Å². The van der Waals surface area contributed by atoms with Crippen molar-refractivity contribution in [1.82, 2.24) is 15.2 Å². The number of nitro groups is 1. The zero-order valence-electron chi connectivity index (χ0n) is 20.4. The van der Waals surface area contributed by atoms with Crippen LogP contribution in [0.1, 0.15) is 48.0 Å². The summed E-state index contributed by atoms with van der Waals surface area (Å²) in [5.74, 6) is 0.723. The lowest BCUT2D eigenvalue weighted by molar-refractivity contribution is -0.386. The van der Waals surface area contributed by atoms with Crippen molar-refractivity contribution in [3.8, 4) is 11.5 Å². The van der Waals surface area contributed by atoms with E-state index in [0.29, 0.717) is 36.0 Å². The molecule has 184 valence electrons. The molecule has 0 saturated heterocycles. The molecule has 0 aliphatic heterocycles. The Balaban J connectivity index is 1.67. The van der Waals surface area contributed by atoms with Gasteiger partial charge in [0, 0.05) is 0 Å². The van der Waals surface area contributed by atoms with Crippen molar-refractivity contribution in [3.05, 3.63) is 80.7 Å². The molecule has 3 rings (SSSR count). The number of nitrogens with one attached hydrogen (secondary N) is 1. The number of ether oxygens (including phenoxy) is 2. The molecule has 1 N–H and O–H groups in total. The second-order valence-corrected chi connectivity index (χ2v) is 7.99. The third-order valence-corrected chi connectivity index (χ3v) is 5.52. The number of benzene rings is 2. The van der Waals surface area contributed by atoms with E-state index in [-0.39, 0.29) is 11.4 Å². The van der Waals surface area contributed by atoms with Crippen LogP contribution in [0, 0.1) is 30.9 Å². The smallest absolute Gasteiger partial charge is 0.312 e. The van der Waals surface area contributed by atoms with Gasteiger partial charge in [0.05, 0.1) is 17.7 Å². The fraction of sp³-hybridized carbons (Fsp3) is 0.320. The number of aryl methyl sites for hydroxylation is 2. The van der Waals surface area contributed by atoms with Crippen LogP contribution in [0.4, 0.5) is 5.69 Å². The van der Waals surface area contributed by atoms with Crippen LogP contribution in [0.25, 0.3) is 0 Å². The van der Waals surface area contributed by atoms with Crippen LogP contribution < -0.4 is 14.9 Å². The number of hydrazone groups is 1. The molecule has 0 radical (unpaired) electrons. The summed E-state index contributed by atoms with van der Waals surface area (Å²) >= 11 is 0. The molecule has 10 nitrogen and oxygen atoms in total. The van der Waals surface area contributed by atoms with Gasteiger partial charge >= 0.3 is 5.69 Å². The zero-order chi connectivity index (χ0) is 25.5. The number of carbonyl (C=O) groups is 1. The SMILES string of the molecule is CCOc1cc(/C=N/NC(=O)C(C)n2nc(C)c([N+](=O)[O-])c2C)ccc1OCc1ccccc1C. The van der Waals surface area contributed by atoms with Gasteiger partial charge in [0.1, 0.15) is 24.0 Å². The monoisotopic (exact) mass is 479 g/mol. The van der Waals surface area contributed by atoms with Crippen LogP contribution in [-0.4, -0.2) is 33.4 Å². The molecule has 0 saturated carbocycles. The number of rotatable bonds is 10.